The van der Waals surface area contributed by atoms with Gasteiger partial charge < -0.3 is 9.47 Å². The molecule has 3 unspecified atom stereocenters. The van der Waals surface area contributed by atoms with Crippen molar-refractivity contribution < 1.29 is 9.47 Å². The maximum Gasteiger partial charge on any atom is 0.0841 e. The zero-order valence-electron chi connectivity index (χ0n) is 21.2. The van der Waals surface area contributed by atoms with E-state index < -0.39 is 0 Å². The van der Waals surface area contributed by atoms with E-state index in [0.29, 0.717) is 18.3 Å². The van der Waals surface area contributed by atoms with Crippen molar-refractivity contribution in [2.75, 3.05) is 6.61 Å². The number of hydrogen-bond donors (Lipinski definition) is 0. The topological polar surface area (TPSA) is 25.1 Å². The summed E-state index contributed by atoms with van der Waals surface area (Å²) in [5.74, 6) is 0. The Balaban J connectivity index is 1.19. The van der Waals surface area contributed by atoms with E-state index in [0.717, 1.165) is 6.61 Å². The Labute approximate surface area is 195 Å². The van der Waals surface area contributed by atoms with Crippen LogP contribution in [-0.4, -0.2) is 24.9 Å². The van der Waals surface area contributed by atoms with Gasteiger partial charge in [-0.1, -0.05) is 142 Å². The van der Waals surface area contributed by atoms with Gasteiger partial charge in [-0.3, -0.25) is 0 Å². The van der Waals surface area contributed by atoms with Crippen molar-refractivity contribution >= 4 is 0 Å². The summed E-state index contributed by atoms with van der Waals surface area (Å²) >= 11 is 0. The van der Waals surface area contributed by atoms with Crippen molar-refractivity contribution in [2.24, 2.45) is 0 Å². The molecule has 0 bridgehead atoms. The molecule has 2 heteroatoms. The van der Waals surface area contributed by atoms with E-state index in [1.807, 2.05) is 0 Å². The molecule has 2 aliphatic heterocycles. The highest BCUT2D eigenvalue weighted by atomic mass is 16.6. The summed E-state index contributed by atoms with van der Waals surface area (Å²) in [6.07, 6.45) is 36.0. The van der Waals surface area contributed by atoms with Crippen molar-refractivity contribution in [1.29, 1.82) is 0 Å². The molecule has 2 saturated heterocycles. The van der Waals surface area contributed by atoms with E-state index in [-0.39, 0.29) is 0 Å². The summed E-state index contributed by atoms with van der Waals surface area (Å²) < 4.78 is 11.2. The predicted molar refractivity (Wildman–Crippen MR) is 135 cm³/mol. The average molecular weight is 437 g/mol. The molecule has 0 amide bonds. The van der Waals surface area contributed by atoms with Crippen molar-refractivity contribution in [3.05, 3.63) is 0 Å². The van der Waals surface area contributed by atoms with Crippen LogP contribution in [-0.2, 0) is 9.47 Å². The molecule has 2 rings (SSSR count). The second-order valence-electron chi connectivity index (χ2n) is 10.6. The predicted octanol–water partition coefficient (Wildman–Crippen LogP) is 9.53. The van der Waals surface area contributed by atoms with E-state index in [9.17, 15) is 0 Å². The van der Waals surface area contributed by atoms with Crippen LogP contribution in [0.1, 0.15) is 161 Å². The van der Waals surface area contributed by atoms with Gasteiger partial charge in [0.1, 0.15) is 0 Å². The fourth-order valence-electron chi connectivity index (χ4n) is 5.06. The standard InChI is InChI=1S/C29H56O2/c1-2-3-4-5-6-7-12-15-18-21-24-28-29(31-28)25-22-19-16-13-10-8-9-11-14-17-20-23-27-26-30-27/h27-29H,2-26H2,1H3. The lowest BCUT2D eigenvalue weighted by atomic mass is 10.0. The maximum atomic E-state index is 5.91. The fourth-order valence-corrected chi connectivity index (χ4v) is 5.06. The normalized spacial score (nSPS) is 22.2. The summed E-state index contributed by atoms with van der Waals surface area (Å²) in [7, 11) is 0. The smallest absolute Gasteiger partial charge is 0.0841 e. The third-order valence-corrected chi connectivity index (χ3v) is 7.45. The fraction of sp³-hybridized carbons (Fsp3) is 1.00. The summed E-state index contributed by atoms with van der Waals surface area (Å²) in [6.45, 7) is 3.33. The molecule has 2 aliphatic rings. The molecule has 2 fully saturated rings. The zero-order valence-corrected chi connectivity index (χ0v) is 21.2. The highest BCUT2D eigenvalue weighted by molar-refractivity contribution is 4.84. The van der Waals surface area contributed by atoms with E-state index in [2.05, 4.69) is 6.92 Å². The van der Waals surface area contributed by atoms with Crippen molar-refractivity contribution in [2.45, 2.75) is 179 Å². The van der Waals surface area contributed by atoms with Gasteiger partial charge >= 0.3 is 0 Å². The van der Waals surface area contributed by atoms with Crippen LogP contribution in [0.3, 0.4) is 0 Å². The first-order valence-electron chi connectivity index (χ1n) is 14.7. The summed E-state index contributed by atoms with van der Waals surface area (Å²) in [5, 5.41) is 0. The quantitative estimate of drug-likeness (QED) is 0.105. The van der Waals surface area contributed by atoms with Gasteiger partial charge in [-0.05, 0) is 19.3 Å². The molecule has 2 nitrogen and oxygen atoms in total. The molecule has 0 N–H and O–H groups in total. The first-order chi connectivity index (χ1) is 15.4. The highest BCUT2D eigenvalue weighted by Gasteiger charge is 2.36. The Bertz CT molecular complexity index is 379. The van der Waals surface area contributed by atoms with Gasteiger partial charge in [0.05, 0.1) is 24.9 Å². The Morgan fingerprint density at radius 3 is 1.13 bits per heavy atom. The second-order valence-corrected chi connectivity index (χ2v) is 10.6. The van der Waals surface area contributed by atoms with Gasteiger partial charge in [-0.2, -0.15) is 0 Å². The lowest BCUT2D eigenvalue weighted by molar-refractivity contribution is 0.347. The van der Waals surface area contributed by atoms with Gasteiger partial charge in [-0.25, -0.2) is 0 Å². The van der Waals surface area contributed by atoms with Gasteiger partial charge in [0, 0.05) is 0 Å². The molecular weight excluding hydrogens is 380 g/mol. The van der Waals surface area contributed by atoms with Crippen LogP contribution in [0.15, 0.2) is 0 Å². The molecule has 184 valence electrons. The van der Waals surface area contributed by atoms with Crippen molar-refractivity contribution in [1.82, 2.24) is 0 Å². The molecule has 0 aromatic rings. The van der Waals surface area contributed by atoms with E-state index >= 15 is 0 Å². The van der Waals surface area contributed by atoms with Crippen LogP contribution in [0.5, 0.6) is 0 Å². The first kappa shape index (κ1) is 27.2. The Morgan fingerprint density at radius 1 is 0.452 bits per heavy atom. The molecule has 0 aromatic heterocycles. The highest BCUT2D eigenvalue weighted by Crippen LogP contribution is 2.32. The van der Waals surface area contributed by atoms with E-state index in [1.165, 1.54) is 154 Å². The Morgan fingerprint density at radius 2 is 0.774 bits per heavy atom. The molecule has 0 aromatic carbocycles. The van der Waals surface area contributed by atoms with Crippen LogP contribution in [0.2, 0.25) is 0 Å². The Kier molecular flexibility index (Phi) is 17.0. The SMILES string of the molecule is CCCCCCCCCCCCC1OC1CCCCCCCCCCCCCC1CO1. The number of epoxide rings is 2. The number of rotatable bonds is 25. The van der Waals surface area contributed by atoms with Gasteiger partial charge in [0.25, 0.3) is 0 Å². The first-order valence-corrected chi connectivity index (χ1v) is 14.7. The van der Waals surface area contributed by atoms with Gasteiger partial charge in [-0.15, -0.1) is 0 Å². The molecule has 0 saturated carbocycles. The van der Waals surface area contributed by atoms with Gasteiger partial charge in [0.15, 0.2) is 0 Å². The van der Waals surface area contributed by atoms with Crippen molar-refractivity contribution in [3.8, 4) is 0 Å². The van der Waals surface area contributed by atoms with Crippen LogP contribution >= 0.6 is 0 Å². The summed E-state index contributed by atoms with van der Waals surface area (Å²) in [6, 6.07) is 0. The number of hydrogen-bond acceptors (Lipinski definition) is 2. The summed E-state index contributed by atoms with van der Waals surface area (Å²) in [4.78, 5) is 0. The van der Waals surface area contributed by atoms with Crippen molar-refractivity contribution in [3.63, 3.8) is 0 Å². The molecule has 0 spiro atoms. The molecular formula is C29H56O2. The molecule has 0 radical (unpaired) electrons. The molecule has 0 aliphatic carbocycles. The van der Waals surface area contributed by atoms with Gasteiger partial charge in [0.2, 0.25) is 0 Å². The third-order valence-electron chi connectivity index (χ3n) is 7.45. The lowest BCUT2D eigenvalue weighted by Gasteiger charge is -2.03. The van der Waals surface area contributed by atoms with Crippen LogP contribution < -0.4 is 0 Å². The number of ether oxygens (including phenoxy) is 2. The number of unbranched alkanes of at least 4 members (excludes halogenated alkanes) is 19. The average Bonchev–Trinajstić information content (AvgIpc) is 3.70. The van der Waals surface area contributed by atoms with Crippen LogP contribution in [0.4, 0.5) is 0 Å². The largest absolute Gasteiger partial charge is 0.373 e. The summed E-state index contributed by atoms with van der Waals surface area (Å²) in [5.41, 5.74) is 0. The zero-order chi connectivity index (χ0) is 21.8. The minimum atomic E-state index is 0.630. The molecule has 3 atom stereocenters. The monoisotopic (exact) mass is 436 g/mol. The third kappa shape index (κ3) is 17.1. The lowest BCUT2D eigenvalue weighted by Crippen LogP contribution is -1.95. The van der Waals surface area contributed by atoms with E-state index in [1.54, 1.807) is 0 Å². The van der Waals surface area contributed by atoms with E-state index in [4.69, 9.17) is 9.47 Å². The van der Waals surface area contributed by atoms with Crippen LogP contribution in [0, 0.1) is 0 Å². The minimum absolute atomic E-state index is 0.630. The second kappa shape index (κ2) is 19.4. The van der Waals surface area contributed by atoms with Crippen LogP contribution in [0.25, 0.3) is 0 Å². The molecule has 31 heavy (non-hydrogen) atoms. The molecule has 2 heterocycles. The Hall–Kier alpha value is -0.0800. The minimum Gasteiger partial charge on any atom is -0.373 e. The maximum absolute atomic E-state index is 5.91.